The molecule has 0 atom stereocenters. The molecule has 0 bridgehead atoms. The van der Waals surface area contributed by atoms with E-state index in [4.69, 9.17) is 32.7 Å². The Morgan fingerprint density at radius 3 is 1.03 bits per heavy atom. The van der Waals surface area contributed by atoms with Gasteiger partial charge in [-0.15, -0.1) is 0 Å². The van der Waals surface area contributed by atoms with E-state index in [9.17, 15) is 0 Å². The van der Waals surface area contributed by atoms with Crippen LogP contribution in [0.5, 0.6) is 11.5 Å². The second kappa shape index (κ2) is 14.4. The highest BCUT2D eigenvalue weighted by Crippen LogP contribution is 2.56. The molecule has 0 aliphatic carbocycles. The van der Waals surface area contributed by atoms with Crippen LogP contribution in [0.2, 0.25) is 0 Å². The Morgan fingerprint density at radius 2 is 0.812 bits per heavy atom. The van der Waals surface area contributed by atoms with Crippen molar-refractivity contribution in [1.82, 2.24) is 18.7 Å². The summed E-state index contributed by atoms with van der Waals surface area (Å²) in [5, 5.41) is 0. The minimum Gasteiger partial charge on any atom is -0.441 e. The highest BCUT2D eigenvalue weighted by Gasteiger charge is 2.34. The molecule has 1 aromatic carbocycles. The topological polar surface area (TPSA) is 31.4 Å². The standard InChI is InChI=1S/C22H44N4O2P2S2/c1-9-23(10-2)29(31,24(11-3)12-4)27-21-18-17-19-22(20-21)28-30(32,25(13-5)14-6)26(15-7)16-8/h17-20H,9-16H2,1-8H3. The Hall–Kier alpha value is -0.0400. The van der Waals surface area contributed by atoms with Crippen molar-refractivity contribution in [3.05, 3.63) is 24.3 Å². The normalized spacial score (nSPS) is 12.9. The van der Waals surface area contributed by atoms with E-state index in [-0.39, 0.29) is 0 Å². The zero-order chi connectivity index (χ0) is 24.4. The molecule has 0 saturated heterocycles. The summed E-state index contributed by atoms with van der Waals surface area (Å²) in [4.78, 5) is 0. The molecule has 0 spiro atoms. The fourth-order valence-corrected chi connectivity index (χ4v) is 11.9. The van der Waals surface area contributed by atoms with Crippen molar-refractivity contribution in [3.63, 3.8) is 0 Å². The minimum absolute atomic E-state index is 0.741. The van der Waals surface area contributed by atoms with Gasteiger partial charge in [-0.3, -0.25) is 0 Å². The van der Waals surface area contributed by atoms with Crippen LogP contribution in [-0.4, -0.2) is 71.0 Å². The molecule has 1 aromatic rings. The molecule has 0 saturated carbocycles. The van der Waals surface area contributed by atoms with Gasteiger partial charge in [0.2, 0.25) is 0 Å². The van der Waals surface area contributed by atoms with Gasteiger partial charge in [0, 0.05) is 58.4 Å². The number of hydrogen-bond donors (Lipinski definition) is 0. The Bertz CT molecular complexity index is 677. The lowest BCUT2D eigenvalue weighted by molar-refractivity contribution is 0.352. The van der Waals surface area contributed by atoms with Crippen molar-refractivity contribution in [2.75, 3.05) is 52.4 Å². The molecule has 0 unspecified atom stereocenters. The van der Waals surface area contributed by atoms with Crippen LogP contribution in [0, 0.1) is 0 Å². The lowest BCUT2D eigenvalue weighted by atomic mass is 10.3. The van der Waals surface area contributed by atoms with Gasteiger partial charge in [0.05, 0.1) is 0 Å². The third-order valence-corrected chi connectivity index (χ3v) is 14.8. The predicted octanol–water partition coefficient (Wildman–Crippen LogP) is 6.26. The molecule has 0 aliphatic heterocycles. The first-order chi connectivity index (χ1) is 15.2. The number of benzene rings is 1. The van der Waals surface area contributed by atoms with Crippen LogP contribution >= 0.6 is 13.1 Å². The summed E-state index contributed by atoms with van der Waals surface area (Å²) in [5.41, 5.74) is 0. The first-order valence-electron chi connectivity index (χ1n) is 11.9. The zero-order valence-corrected chi connectivity index (χ0v) is 24.7. The number of nitrogens with zero attached hydrogens (tertiary/aromatic N) is 4. The van der Waals surface area contributed by atoms with E-state index in [0.29, 0.717) is 0 Å². The Balaban J connectivity index is 3.36. The maximum absolute atomic E-state index is 6.62. The molecule has 0 heterocycles. The van der Waals surface area contributed by atoms with Crippen LogP contribution in [0.25, 0.3) is 0 Å². The molecule has 6 nitrogen and oxygen atoms in total. The number of hydrogen-bond acceptors (Lipinski definition) is 4. The van der Waals surface area contributed by atoms with E-state index in [1.54, 1.807) is 0 Å². The quantitative estimate of drug-likeness (QED) is 0.235. The van der Waals surface area contributed by atoms with Crippen molar-refractivity contribution in [3.8, 4) is 11.5 Å². The Kier molecular flexibility index (Phi) is 13.5. The van der Waals surface area contributed by atoms with Crippen LogP contribution in [0.1, 0.15) is 55.4 Å². The highest BCUT2D eigenvalue weighted by atomic mass is 32.5. The molecule has 0 fully saturated rings. The monoisotopic (exact) mass is 522 g/mol. The number of rotatable bonds is 16. The van der Waals surface area contributed by atoms with Crippen molar-refractivity contribution >= 4 is 36.7 Å². The zero-order valence-electron chi connectivity index (χ0n) is 21.3. The molecule has 32 heavy (non-hydrogen) atoms. The van der Waals surface area contributed by atoms with Gasteiger partial charge < -0.3 is 9.05 Å². The molecule has 186 valence electrons. The van der Waals surface area contributed by atoms with Crippen molar-refractivity contribution in [2.24, 2.45) is 0 Å². The lowest BCUT2D eigenvalue weighted by Crippen LogP contribution is -2.34. The van der Waals surface area contributed by atoms with Gasteiger partial charge in [-0.05, 0) is 35.7 Å². The van der Waals surface area contributed by atoms with Gasteiger partial charge in [0.15, 0.2) is 0 Å². The van der Waals surface area contributed by atoms with Crippen molar-refractivity contribution in [2.45, 2.75) is 55.4 Å². The molecule has 0 amide bonds. The first kappa shape index (κ1) is 30.0. The van der Waals surface area contributed by atoms with Gasteiger partial charge in [0.1, 0.15) is 11.5 Å². The van der Waals surface area contributed by atoms with Gasteiger partial charge in [-0.1, -0.05) is 61.5 Å². The van der Waals surface area contributed by atoms with Crippen LogP contribution in [0.15, 0.2) is 24.3 Å². The lowest BCUT2D eigenvalue weighted by Gasteiger charge is -2.41. The summed E-state index contributed by atoms with van der Waals surface area (Å²) < 4.78 is 22.3. The maximum atomic E-state index is 6.62. The minimum atomic E-state index is -2.39. The summed E-state index contributed by atoms with van der Waals surface area (Å²) >= 11 is 12.4. The van der Waals surface area contributed by atoms with Gasteiger partial charge in [-0.2, -0.15) is 0 Å². The molecule has 0 N–H and O–H groups in total. The SMILES string of the molecule is CCN(CC)P(=S)(Oc1cccc(OP(=S)(N(CC)CC)N(CC)CC)c1)N(CC)CC. The summed E-state index contributed by atoms with van der Waals surface area (Å²) in [6.45, 7) is 19.2. The van der Waals surface area contributed by atoms with Gasteiger partial charge in [0.25, 0.3) is 13.1 Å². The van der Waals surface area contributed by atoms with E-state index in [1.165, 1.54) is 0 Å². The molecule has 0 radical (unpaired) electrons. The molecular formula is C22H44N4O2P2S2. The average Bonchev–Trinajstić information content (AvgIpc) is 2.77. The second-order valence-electron chi connectivity index (χ2n) is 7.19. The third kappa shape index (κ3) is 6.99. The summed E-state index contributed by atoms with van der Waals surface area (Å²) in [7, 11) is 0. The molecule has 0 aromatic heterocycles. The summed E-state index contributed by atoms with van der Waals surface area (Å²) in [5.74, 6) is 1.48. The fourth-order valence-electron chi connectivity index (χ4n) is 3.78. The fraction of sp³-hybridized carbons (Fsp3) is 0.727. The van der Waals surface area contributed by atoms with Crippen LogP contribution in [-0.2, 0) is 23.6 Å². The van der Waals surface area contributed by atoms with E-state index < -0.39 is 13.1 Å². The van der Waals surface area contributed by atoms with Crippen molar-refractivity contribution < 1.29 is 9.05 Å². The molecular weight excluding hydrogens is 478 g/mol. The predicted molar refractivity (Wildman–Crippen MR) is 148 cm³/mol. The van der Waals surface area contributed by atoms with Crippen LogP contribution < -0.4 is 9.05 Å². The largest absolute Gasteiger partial charge is 0.441 e. The molecule has 1 rings (SSSR count). The van der Waals surface area contributed by atoms with Gasteiger partial charge >= 0.3 is 0 Å². The Morgan fingerprint density at radius 1 is 0.562 bits per heavy atom. The van der Waals surface area contributed by atoms with Crippen molar-refractivity contribution in [1.29, 1.82) is 0 Å². The second-order valence-corrected chi connectivity index (χ2v) is 14.6. The smallest absolute Gasteiger partial charge is 0.253 e. The summed E-state index contributed by atoms with van der Waals surface area (Å²) in [6.07, 6.45) is 0. The summed E-state index contributed by atoms with van der Waals surface area (Å²) in [6, 6.07) is 7.87. The molecule has 0 aliphatic rings. The molecule has 10 heteroatoms. The van der Waals surface area contributed by atoms with E-state index in [2.05, 4.69) is 74.1 Å². The van der Waals surface area contributed by atoms with E-state index in [1.807, 2.05) is 24.3 Å². The Labute approximate surface area is 207 Å². The average molecular weight is 523 g/mol. The van der Waals surface area contributed by atoms with E-state index in [0.717, 1.165) is 63.9 Å². The third-order valence-electron chi connectivity index (χ3n) is 5.60. The van der Waals surface area contributed by atoms with Crippen LogP contribution in [0.4, 0.5) is 0 Å². The van der Waals surface area contributed by atoms with E-state index >= 15 is 0 Å². The van der Waals surface area contributed by atoms with Gasteiger partial charge in [-0.25, -0.2) is 18.7 Å². The van der Waals surface area contributed by atoms with Crippen LogP contribution in [0.3, 0.4) is 0 Å². The maximum Gasteiger partial charge on any atom is 0.253 e. The highest BCUT2D eigenvalue weighted by molar-refractivity contribution is 8.10. The first-order valence-corrected chi connectivity index (χ1v) is 17.2.